The number of primary amides is 4. The van der Waals surface area contributed by atoms with Crippen LogP contribution in [0.25, 0.3) is 5.57 Å². The van der Waals surface area contributed by atoms with Crippen molar-refractivity contribution in [2.24, 2.45) is 76.0 Å². The number of rotatable bonds is 63. The second-order valence-corrected chi connectivity index (χ2v) is 40.7. The Morgan fingerprint density at radius 3 is 1.56 bits per heavy atom. The summed E-state index contributed by atoms with van der Waals surface area (Å²) < 4.78 is 0. The number of fused-ring (bicyclic) bond motifs is 16. The number of nitrogens with two attached hydrogens (primary N) is 5. The van der Waals surface area contributed by atoms with E-state index in [1.807, 2.05) is 44.4 Å². The number of ketones is 6. The van der Waals surface area contributed by atoms with E-state index >= 15 is 0 Å². The van der Waals surface area contributed by atoms with Gasteiger partial charge in [-0.1, -0.05) is 92.2 Å². The summed E-state index contributed by atoms with van der Waals surface area (Å²) in [5.74, 6) is -20.1. The van der Waals surface area contributed by atoms with Crippen molar-refractivity contribution in [2.75, 3.05) is 97.1 Å². The number of aromatic amines is 1. The van der Waals surface area contributed by atoms with E-state index in [4.69, 9.17) is 28.7 Å². The fraction of sp³-hybridized carbons (Fsp3) is 0.684. The fourth-order valence-corrected chi connectivity index (χ4v) is 18.2. The number of amides is 14. The third kappa shape index (κ3) is 43.6. The zero-order valence-electron chi connectivity index (χ0n) is 84.0. The van der Waals surface area contributed by atoms with Gasteiger partial charge in [-0.2, -0.15) is 11.8 Å². The molecule has 4 saturated heterocycles. The Morgan fingerprint density at radius 1 is 0.472 bits per heavy atom. The topological polar surface area (TPSA) is 693 Å². The molecule has 1 aromatic carbocycles. The first-order chi connectivity index (χ1) is 67.4. The lowest BCUT2D eigenvalue weighted by molar-refractivity contribution is -0.136. The van der Waals surface area contributed by atoms with Gasteiger partial charge in [0, 0.05) is 216 Å². The van der Waals surface area contributed by atoms with Crippen LogP contribution in [0, 0.1) is 47.3 Å². The highest BCUT2D eigenvalue weighted by Crippen LogP contribution is 2.33. The number of hydrogen-bond acceptors (Lipinski definition) is 29. The van der Waals surface area contributed by atoms with Crippen LogP contribution in [0.4, 0.5) is 0 Å². The molecule has 2 bridgehead atoms. The number of allylic oxidation sites excluding steroid dienone is 1. The molecular weight excluding hydrogens is 1850 g/mol. The minimum absolute atomic E-state index is 0.00784. The van der Waals surface area contributed by atoms with Crippen LogP contribution >= 0.6 is 11.8 Å². The highest BCUT2D eigenvalue weighted by atomic mass is 32.2. The molecule has 790 valence electrons. The quantitative estimate of drug-likeness (QED) is 0.0315. The minimum atomic E-state index is -1.74. The number of thioether (sulfide) groups is 1. The number of nitrogens with one attached hydrogen (secondary N) is 17. The summed E-state index contributed by atoms with van der Waals surface area (Å²) in [6.45, 7) is 20.6. The lowest BCUT2D eigenvalue weighted by Gasteiger charge is -2.37. The molecule has 2 aromatic rings. The molecule has 1 unspecified atom stereocenters. The first-order valence-corrected chi connectivity index (χ1v) is 51.3. The number of hydrogen-bond donors (Lipinski definition) is 22. The molecule has 44 heteroatoms. The summed E-state index contributed by atoms with van der Waals surface area (Å²) in [5.41, 5.74) is 30.8. The van der Waals surface area contributed by atoms with Crippen LogP contribution in [0.1, 0.15) is 226 Å². The van der Waals surface area contributed by atoms with Gasteiger partial charge in [0.05, 0.1) is 60.1 Å². The predicted molar refractivity (Wildman–Crippen MR) is 533 cm³/mol. The van der Waals surface area contributed by atoms with Gasteiger partial charge in [0.15, 0.2) is 34.7 Å². The summed E-state index contributed by atoms with van der Waals surface area (Å²) in [6.07, 6.45) is 2.22. The Bertz CT molecular complexity index is 4600. The van der Waals surface area contributed by atoms with Crippen molar-refractivity contribution in [3.8, 4) is 0 Å². The summed E-state index contributed by atoms with van der Waals surface area (Å²) in [5, 5.41) is 48.3. The van der Waals surface area contributed by atoms with E-state index < -0.39 is 252 Å². The number of aromatic nitrogens is 2. The van der Waals surface area contributed by atoms with E-state index in [0.717, 1.165) is 11.1 Å². The lowest BCUT2D eigenvalue weighted by atomic mass is 9.88. The van der Waals surface area contributed by atoms with Crippen LogP contribution in [0.15, 0.2) is 42.9 Å². The Balaban J connectivity index is 1.12. The van der Waals surface area contributed by atoms with E-state index in [1.54, 1.807) is 33.8 Å². The van der Waals surface area contributed by atoms with E-state index in [2.05, 4.69) is 95.0 Å². The molecule has 4 fully saturated rings. The van der Waals surface area contributed by atoms with Crippen LogP contribution in [-0.4, -0.2) is 284 Å². The van der Waals surface area contributed by atoms with Crippen molar-refractivity contribution in [1.82, 2.24) is 95.0 Å². The molecule has 13 atom stereocenters. The maximum absolute atomic E-state index is 14.9. The van der Waals surface area contributed by atoms with Gasteiger partial charge < -0.3 is 119 Å². The summed E-state index contributed by atoms with van der Waals surface area (Å²) >= 11 is 1.46. The molecule has 4 aliphatic heterocycles. The van der Waals surface area contributed by atoms with Crippen molar-refractivity contribution in [2.45, 2.75) is 282 Å². The Morgan fingerprint density at radius 2 is 0.993 bits per heavy atom. The monoisotopic (exact) mass is 2010 g/mol. The lowest BCUT2D eigenvalue weighted by Crippen LogP contribution is -2.67. The molecule has 0 radical (unpaired) electrons. The number of Topliss-reactive ketones (excluding diaryl/α,β-unsaturated/α-hetero) is 6. The molecule has 1 aromatic heterocycles. The molecule has 14 amide bonds. The summed E-state index contributed by atoms with van der Waals surface area (Å²) in [7, 11) is 0. The zero-order valence-corrected chi connectivity index (χ0v) is 84.8. The fourth-order valence-electron chi connectivity index (χ4n) is 17.7. The van der Waals surface area contributed by atoms with Crippen LogP contribution in [0.3, 0.4) is 0 Å². The van der Waals surface area contributed by atoms with Crippen molar-refractivity contribution in [3.05, 3.63) is 59.7 Å². The van der Waals surface area contributed by atoms with Gasteiger partial charge >= 0.3 is 0 Å². The van der Waals surface area contributed by atoms with Gasteiger partial charge in [0.25, 0.3) is 0 Å². The second-order valence-electron chi connectivity index (χ2n) is 39.7. The Kier molecular flexibility index (Phi) is 52.0. The van der Waals surface area contributed by atoms with E-state index in [-0.39, 0.29) is 139 Å². The highest BCUT2D eigenvalue weighted by molar-refractivity contribution is 7.98. The molecule has 43 nitrogen and oxygen atoms in total. The average Bonchev–Trinajstić information content (AvgIpc) is 1.66. The molecule has 0 spiro atoms. The molecular formula is C98H157N23O20S. The van der Waals surface area contributed by atoms with Gasteiger partial charge in [-0.15, -0.1) is 0 Å². The van der Waals surface area contributed by atoms with E-state index in [9.17, 15) is 95.9 Å². The number of carbonyl (C=O) groups is 20. The van der Waals surface area contributed by atoms with Crippen LogP contribution < -0.4 is 114 Å². The average molecular weight is 2010 g/mol. The summed E-state index contributed by atoms with van der Waals surface area (Å²) in [4.78, 5) is 283. The molecule has 142 heavy (non-hydrogen) atoms. The second kappa shape index (κ2) is 61.7. The number of benzene rings is 1. The number of unbranched alkanes of at least 4 members (excludes halogenated alkanes) is 1. The largest absolute Gasteiger partial charge is 0.370 e. The molecule has 1 aliphatic carbocycles. The maximum atomic E-state index is 14.9. The van der Waals surface area contributed by atoms with Crippen LogP contribution in [-0.2, 0) is 109 Å². The smallest absolute Gasteiger partial charge is 0.243 e. The number of imidazole rings is 1. The van der Waals surface area contributed by atoms with Gasteiger partial charge in [-0.3, -0.25) is 95.9 Å². The standard InChI is InChI=1S/C98H157N23O20S/c1-57(2)39-66(95(140)116-70(90(102)135)30-38-142-9)46-80(126)74(47-67-49-110-56-112-67)117-91(136)61(8)42-81(127)89(59(5)6)120-92(137)60(7)41-77(123)73(43-63-21-20-62-15-10-11-17-68(62)63)119-94(139)65(22-26-82(99)128)45-79(125)75(48-84(101)130)114-87(133)29-25-76(122)72(40-58(3)4)118-93(138)64(44-78(124)69(23-27-83(100)129)115-96(141)71-24-28-86(132)113-71)16-12-13-31-111-85(131)18-14-19-88(134)121-98-53-107-35-32-104-50-97(103,51-105-33-36-108-54-98)52-106-34-37-109-55-98/h10-11,15,17,21,49,56-61,64-66,69-75,89,104-109H,12-14,16,18-20,22-48,50-55,103H2,1-9H3,(H2,99,128)(H2,100,129)(H2,101,130)(H2,102,135)(H,110,112)(H,111,131)(H,113,132)(H,114,133)(H,115,141)(H,116,140)(H,117,136)(H,118,138)(H,119,139)(H,120,137)(H,121,134)/t60-,61-,64?,65-,66-,69+,70+,71+,72+,73+,74+,75+,89+,97?,98?/m1/s1. The molecule has 5 aliphatic rings. The maximum Gasteiger partial charge on any atom is 0.243 e. The number of carbonyl (C=O) groups excluding carboxylic acids is 20. The highest BCUT2D eigenvalue weighted by Gasteiger charge is 2.41. The van der Waals surface area contributed by atoms with Crippen LogP contribution in [0.2, 0.25) is 0 Å². The van der Waals surface area contributed by atoms with Gasteiger partial charge in [0.1, 0.15) is 12.1 Å². The predicted octanol–water partition coefficient (Wildman–Crippen LogP) is -2.11. The van der Waals surface area contributed by atoms with E-state index in [0.29, 0.717) is 102 Å². The third-order valence-electron chi connectivity index (χ3n) is 25.8. The normalized spacial score (nSPS) is 19.4. The van der Waals surface area contributed by atoms with Crippen molar-refractivity contribution < 1.29 is 95.9 Å². The van der Waals surface area contributed by atoms with Crippen LogP contribution in [0.5, 0.6) is 0 Å². The Labute approximate surface area is 836 Å². The molecule has 27 N–H and O–H groups in total. The van der Waals surface area contributed by atoms with Gasteiger partial charge in [-0.25, -0.2) is 4.98 Å². The summed E-state index contributed by atoms with van der Waals surface area (Å²) in [6, 6.07) is -2.86. The van der Waals surface area contributed by atoms with Gasteiger partial charge in [-0.05, 0) is 111 Å². The minimum Gasteiger partial charge on any atom is -0.370 e. The van der Waals surface area contributed by atoms with Crippen molar-refractivity contribution in [1.29, 1.82) is 0 Å². The van der Waals surface area contributed by atoms with E-state index in [1.165, 1.54) is 38.1 Å². The first-order valence-electron chi connectivity index (χ1n) is 49.9. The first kappa shape index (κ1) is 120. The SMILES string of the molecule is CSCC[C@H](NC(=O)[C@@H](CC(=O)[C@H](Cc1cnc[nH]1)NC(=O)[C@H](C)CC(=O)[C@@H](NC(=O)[C@H](C)CC(=O)[C@H](CC1=CCc2ccccc21)NC(=O)[C@H](CCC(N)=O)CC(=O)[C@H](CC(N)=O)NC(=O)CCC(=O)[C@H](CC(C)C)NC(=O)C(CCCCNC(=O)CCCC(=O)NC12CNCCNCC(N)(CNCCNC1)CNCCNC2)CC(=O)[C@H](CCC(N)=O)NC(=O)[C@@H]1CCC(=O)N1)C(C)C)CC(C)C)C(N)=O. The zero-order chi connectivity index (χ0) is 105. The van der Waals surface area contributed by atoms with Crippen molar-refractivity contribution in [3.63, 3.8) is 0 Å². The Hall–Kier alpha value is -11.2. The molecule has 0 saturated carbocycles. The van der Waals surface area contributed by atoms with Gasteiger partial charge in [0.2, 0.25) is 82.7 Å². The number of nitrogens with zero attached hydrogens (tertiary/aromatic N) is 1. The van der Waals surface area contributed by atoms with Crippen molar-refractivity contribution >= 4 is 135 Å². The molecule has 5 heterocycles. The third-order valence-corrected chi connectivity index (χ3v) is 26.4. The molecule has 7 rings (SSSR count). The number of H-pyrrole nitrogens is 1.